The number of rotatable bonds is 3. The molecule has 0 N–H and O–H groups in total. The van der Waals surface area contributed by atoms with Crippen molar-refractivity contribution in [3.05, 3.63) is 33.5 Å². The number of benzene rings is 1. The third-order valence-corrected chi connectivity index (χ3v) is 2.69. The van der Waals surface area contributed by atoms with Crippen LogP contribution in [-0.4, -0.2) is 24.7 Å². The number of alkyl halides is 1. The van der Waals surface area contributed by atoms with E-state index in [4.69, 9.17) is 11.6 Å². The minimum Gasteiger partial charge on any atom is -0.465 e. The lowest BCUT2D eigenvalue weighted by atomic mass is 10.1. The van der Waals surface area contributed by atoms with Crippen LogP contribution in [0.2, 0.25) is 0 Å². The Hall–Kier alpha value is -0.940. The molecule has 0 saturated heterocycles. The van der Waals surface area contributed by atoms with Gasteiger partial charge >= 0.3 is 5.97 Å². The number of esters is 1. The van der Waals surface area contributed by atoms with E-state index in [1.54, 1.807) is 0 Å². The number of ether oxygens (including phenoxy) is 1. The standard InChI is InChI=1S/C10H7BrClFO3/c1-16-10(15)5-2-6(8(14)4-12)9(13)7(11)3-5/h2-3H,4H2,1H3. The summed E-state index contributed by atoms with van der Waals surface area (Å²) in [5.41, 5.74) is -0.144. The average molecular weight is 310 g/mol. The lowest BCUT2D eigenvalue weighted by molar-refractivity contribution is 0.0600. The number of carbonyl (C=O) groups excluding carboxylic acids is 2. The van der Waals surface area contributed by atoms with Crippen LogP contribution in [0, 0.1) is 5.82 Å². The molecule has 0 unspecified atom stereocenters. The topological polar surface area (TPSA) is 43.4 Å². The van der Waals surface area contributed by atoms with Crippen molar-refractivity contribution in [3.63, 3.8) is 0 Å². The van der Waals surface area contributed by atoms with E-state index in [0.717, 1.165) is 6.07 Å². The van der Waals surface area contributed by atoms with Crippen molar-refractivity contribution in [3.8, 4) is 0 Å². The van der Waals surface area contributed by atoms with Crippen molar-refractivity contribution in [1.82, 2.24) is 0 Å². The lowest BCUT2D eigenvalue weighted by Crippen LogP contribution is -2.09. The van der Waals surface area contributed by atoms with Gasteiger partial charge in [0.2, 0.25) is 0 Å². The van der Waals surface area contributed by atoms with Crippen LogP contribution in [-0.2, 0) is 4.74 Å². The predicted octanol–water partition coefficient (Wildman–Crippen LogP) is 2.80. The molecule has 1 rings (SSSR count). The summed E-state index contributed by atoms with van der Waals surface area (Å²) >= 11 is 8.24. The van der Waals surface area contributed by atoms with Gasteiger partial charge < -0.3 is 4.74 Å². The summed E-state index contributed by atoms with van der Waals surface area (Å²) in [6.45, 7) is 0. The normalized spacial score (nSPS) is 10.0. The second-order valence-electron chi connectivity index (χ2n) is 2.87. The Morgan fingerprint density at radius 3 is 2.62 bits per heavy atom. The number of hydrogen-bond acceptors (Lipinski definition) is 3. The molecule has 0 amide bonds. The first-order valence-corrected chi connectivity index (χ1v) is 5.50. The summed E-state index contributed by atoms with van der Waals surface area (Å²) in [4.78, 5) is 22.5. The van der Waals surface area contributed by atoms with Gasteiger partial charge in [0.05, 0.1) is 28.6 Å². The molecule has 1 aromatic carbocycles. The van der Waals surface area contributed by atoms with E-state index in [0.29, 0.717) is 0 Å². The Kier molecular flexibility index (Phi) is 4.44. The Bertz CT molecular complexity index is 448. The molecule has 86 valence electrons. The van der Waals surface area contributed by atoms with Gasteiger partial charge in [-0.15, -0.1) is 11.6 Å². The van der Waals surface area contributed by atoms with Crippen LogP contribution in [0.4, 0.5) is 4.39 Å². The van der Waals surface area contributed by atoms with Crippen LogP contribution < -0.4 is 0 Å². The minimum atomic E-state index is -0.738. The van der Waals surface area contributed by atoms with Gasteiger partial charge in [0, 0.05) is 0 Å². The van der Waals surface area contributed by atoms with Crippen molar-refractivity contribution in [2.75, 3.05) is 13.0 Å². The molecule has 0 heterocycles. The molecule has 16 heavy (non-hydrogen) atoms. The Morgan fingerprint density at radius 2 is 2.12 bits per heavy atom. The number of halogens is 3. The van der Waals surface area contributed by atoms with Crippen LogP contribution >= 0.6 is 27.5 Å². The van der Waals surface area contributed by atoms with Gasteiger partial charge in [-0.25, -0.2) is 9.18 Å². The fourth-order valence-electron chi connectivity index (χ4n) is 1.10. The zero-order chi connectivity index (χ0) is 12.3. The first kappa shape index (κ1) is 13.1. The molecular formula is C10H7BrClFO3. The van der Waals surface area contributed by atoms with Gasteiger partial charge in [-0.3, -0.25) is 4.79 Å². The number of Topliss-reactive ketones (excluding diaryl/α,β-unsaturated/α-hetero) is 1. The number of ketones is 1. The third-order valence-electron chi connectivity index (χ3n) is 1.87. The monoisotopic (exact) mass is 308 g/mol. The van der Waals surface area contributed by atoms with Gasteiger partial charge in [-0.05, 0) is 28.1 Å². The largest absolute Gasteiger partial charge is 0.465 e. The molecule has 0 aliphatic rings. The zero-order valence-corrected chi connectivity index (χ0v) is 10.6. The second-order valence-corrected chi connectivity index (χ2v) is 3.99. The first-order valence-electron chi connectivity index (χ1n) is 4.17. The molecule has 0 bridgehead atoms. The number of carbonyl (C=O) groups is 2. The molecule has 0 aliphatic heterocycles. The Labute approximate surface area is 105 Å². The molecule has 1 aromatic rings. The molecular weight excluding hydrogens is 302 g/mol. The molecule has 6 heteroatoms. The van der Waals surface area contributed by atoms with E-state index in [1.807, 2.05) is 0 Å². The molecule has 0 atom stereocenters. The van der Waals surface area contributed by atoms with Crippen LogP contribution in [0.15, 0.2) is 16.6 Å². The van der Waals surface area contributed by atoms with E-state index >= 15 is 0 Å². The maximum Gasteiger partial charge on any atom is 0.337 e. The lowest BCUT2D eigenvalue weighted by Gasteiger charge is -2.05. The molecule has 0 spiro atoms. The molecule has 3 nitrogen and oxygen atoms in total. The second kappa shape index (κ2) is 5.41. The molecule has 0 radical (unpaired) electrons. The first-order chi connectivity index (χ1) is 7.51. The molecule has 0 aromatic heterocycles. The SMILES string of the molecule is COC(=O)c1cc(Br)c(F)c(C(=O)CCl)c1. The van der Waals surface area contributed by atoms with Crippen LogP contribution in [0.25, 0.3) is 0 Å². The third kappa shape index (κ3) is 2.59. The van der Waals surface area contributed by atoms with E-state index in [-0.39, 0.29) is 21.5 Å². The maximum absolute atomic E-state index is 13.5. The quantitative estimate of drug-likeness (QED) is 0.490. The predicted molar refractivity (Wildman–Crippen MR) is 60.5 cm³/mol. The number of methoxy groups -OCH3 is 1. The molecule has 0 saturated carbocycles. The molecule has 0 aliphatic carbocycles. The van der Waals surface area contributed by atoms with Gasteiger partial charge in [-0.2, -0.15) is 0 Å². The summed E-state index contributed by atoms with van der Waals surface area (Å²) in [7, 11) is 1.20. The Balaban J connectivity index is 3.33. The highest BCUT2D eigenvalue weighted by molar-refractivity contribution is 9.10. The summed E-state index contributed by atoms with van der Waals surface area (Å²) in [5.74, 6) is -2.33. The minimum absolute atomic E-state index is 0.0175. The van der Waals surface area contributed by atoms with Crippen molar-refractivity contribution < 1.29 is 18.7 Å². The van der Waals surface area contributed by atoms with Gasteiger partial charge in [0.25, 0.3) is 0 Å². The highest BCUT2D eigenvalue weighted by Crippen LogP contribution is 2.22. The summed E-state index contributed by atoms with van der Waals surface area (Å²) in [5, 5.41) is 0. The van der Waals surface area contributed by atoms with E-state index < -0.39 is 17.6 Å². The van der Waals surface area contributed by atoms with Crippen LogP contribution in [0.5, 0.6) is 0 Å². The zero-order valence-electron chi connectivity index (χ0n) is 8.22. The van der Waals surface area contributed by atoms with E-state index in [1.165, 1.54) is 13.2 Å². The summed E-state index contributed by atoms with van der Waals surface area (Å²) in [6.07, 6.45) is 0. The van der Waals surface area contributed by atoms with Crippen molar-refractivity contribution in [2.45, 2.75) is 0 Å². The highest BCUT2D eigenvalue weighted by atomic mass is 79.9. The van der Waals surface area contributed by atoms with Crippen molar-refractivity contribution >= 4 is 39.3 Å². The maximum atomic E-state index is 13.5. The van der Waals surface area contributed by atoms with Gasteiger partial charge in [-0.1, -0.05) is 0 Å². The van der Waals surface area contributed by atoms with Gasteiger partial charge in [0.15, 0.2) is 5.78 Å². The van der Waals surface area contributed by atoms with Crippen molar-refractivity contribution in [1.29, 1.82) is 0 Å². The fourth-order valence-corrected chi connectivity index (χ4v) is 1.70. The van der Waals surface area contributed by atoms with E-state index in [2.05, 4.69) is 20.7 Å². The highest BCUT2D eigenvalue weighted by Gasteiger charge is 2.18. The number of hydrogen-bond donors (Lipinski definition) is 0. The van der Waals surface area contributed by atoms with Crippen molar-refractivity contribution in [2.24, 2.45) is 0 Å². The smallest absolute Gasteiger partial charge is 0.337 e. The summed E-state index contributed by atoms with van der Waals surface area (Å²) in [6, 6.07) is 2.36. The average Bonchev–Trinajstić information content (AvgIpc) is 2.30. The van der Waals surface area contributed by atoms with Crippen LogP contribution in [0.1, 0.15) is 20.7 Å². The van der Waals surface area contributed by atoms with Crippen LogP contribution in [0.3, 0.4) is 0 Å². The fraction of sp³-hybridized carbons (Fsp3) is 0.200. The molecule has 0 fully saturated rings. The van der Waals surface area contributed by atoms with E-state index in [9.17, 15) is 14.0 Å². The summed E-state index contributed by atoms with van der Waals surface area (Å²) < 4.78 is 18.0. The van der Waals surface area contributed by atoms with Gasteiger partial charge in [0.1, 0.15) is 5.82 Å². The Morgan fingerprint density at radius 1 is 1.50 bits per heavy atom.